The van der Waals surface area contributed by atoms with Crippen LogP contribution in [0.5, 0.6) is 11.5 Å². The molecule has 0 radical (unpaired) electrons. The zero-order chi connectivity index (χ0) is 32.8. The van der Waals surface area contributed by atoms with E-state index >= 15 is 4.39 Å². The quantitative estimate of drug-likeness (QED) is 0.203. The molecule has 11 heteroatoms. The Kier molecular flexibility index (Phi) is 8.41. The van der Waals surface area contributed by atoms with E-state index in [1.165, 1.54) is 16.4 Å². The average molecular weight is 646 g/mol. The molecule has 3 heterocycles. The van der Waals surface area contributed by atoms with Gasteiger partial charge in [0.2, 0.25) is 10.0 Å². The third kappa shape index (κ3) is 6.13. The summed E-state index contributed by atoms with van der Waals surface area (Å²) < 4.78 is 57.5. The molecular weight excluding hydrogens is 605 g/mol. The topological polar surface area (TPSA) is 98.6 Å². The highest BCUT2D eigenvalue weighted by molar-refractivity contribution is 7.89. The van der Waals surface area contributed by atoms with Gasteiger partial charge in [0, 0.05) is 42.4 Å². The second-order valence-corrected chi connectivity index (χ2v) is 15.0. The zero-order valence-electron chi connectivity index (χ0n) is 26.9. The molecule has 0 spiro atoms. The number of sulfonamides is 1. The minimum Gasteiger partial charge on any atom is -0.497 e. The fourth-order valence-corrected chi connectivity index (χ4v) is 7.83. The van der Waals surface area contributed by atoms with Gasteiger partial charge in [-0.15, -0.1) is 0 Å². The molecular formula is C35H40FN5O4S. The molecule has 9 nitrogen and oxygen atoms in total. The molecule has 2 unspecified atom stereocenters. The van der Waals surface area contributed by atoms with Gasteiger partial charge in [0.25, 0.3) is 0 Å². The second kappa shape index (κ2) is 12.2. The van der Waals surface area contributed by atoms with E-state index in [9.17, 15) is 8.42 Å². The number of hydrogen-bond donors (Lipinski definition) is 1. The van der Waals surface area contributed by atoms with Crippen LogP contribution in [0.25, 0.3) is 5.57 Å². The minimum absolute atomic E-state index is 0.00509. The summed E-state index contributed by atoms with van der Waals surface area (Å²) in [5.74, 6) is 1.64. The first kappa shape index (κ1) is 31.7. The Hall–Kier alpha value is -4.22. The van der Waals surface area contributed by atoms with Gasteiger partial charge in [0.1, 0.15) is 17.3 Å². The molecule has 1 aliphatic heterocycles. The molecule has 0 saturated heterocycles. The number of benzene rings is 2. The van der Waals surface area contributed by atoms with Gasteiger partial charge >= 0.3 is 0 Å². The Morgan fingerprint density at radius 1 is 1.13 bits per heavy atom. The monoisotopic (exact) mass is 645 g/mol. The Balaban J connectivity index is 1.22. The highest BCUT2D eigenvalue weighted by Crippen LogP contribution is 2.41. The molecule has 1 fully saturated rings. The number of ether oxygens (including phenoxy) is 2. The molecule has 242 valence electrons. The van der Waals surface area contributed by atoms with Crippen molar-refractivity contribution in [3.05, 3.63) is 95.7 Å². The van der Waals surface area contributed by atoms with Crippen molar-refractivity contribution in [2.45, 2.75) is 82.5 Å². The molecule has 1 N–H and O–H groups in total. The van der Waals surface area contributed by atoms with Crippen molar-refractivity contribution >= 4 is 27.1 Å². The van der Waals surface area contributed by atoms with Crippen LogP contribution >= 0.6 is 0 Å². The number of aromatic nitrogens is 3. The van der Waals surface area contributed by atoms with E-state index in [2.05, 4.69) is 16.9 Å². The normalized spacial score (nSPS) is 19.2. The van der Waals surface area contributed by atoms with E-state index in [4.69, 9.17) is 14.6 Å². The van der Waals surface area contributed by atoms with Crippen LogP contribution in [0.3, 0.4) is 0 Å². The van der Waals surface area contributed by atoms with Crippen LogP contribution in [0.2, 0.25) is 0 Å². The van der Waals surface area contributed by atoms with Crippen LogP contribution in [-0.4, -0.2) is 40.7 Å². The third-order valence-electron chi connectivity index (χ3n) is 8.64. The SMILES string of the molecule is C=C(C)c1ccncc1OC1CCC(c2cc(Nc3ccc4c(c3F)CN(Cc3ccc(OC)cc3)S4(=O)=O)n(C(C)(C)C)n2)C1. The summed E-state index contributed by atoms with van der Waals surface area (Å²) in [7, 11) is -2.28. The number of hydrogen-bond acceptors (Lipinski definition) is 7. The number of methoxy groups -OCH3 is 1. The van der Waals surface area contributed by atoms with Gasteiger partial charge in [0.15, 0.2) is 5.82 Å². The summed E-state index contributed by atoms with van der Waals surface area (Å²) in [6, 6.07) is 14.0. The maximum atomic E-state index is 16.1. The Morgan fingerprint density at radius 3 is 2.59 bits per heavy atom. The van der Waals surface area contributed by atoms with E-state index in [1.54, 1.807) is 31.6 Å². The molecule has 0 amide bonds. The lowest BCUT2D eigenvalue weighted by Crippen LogP contribution is -2.25. The number of allylic oxidation sites excluding steroid dienone is 1. The van der Waals surface area contributed by atoms with Crippen molar-refractivity contribution in [2.75, 3.05) is 12.4 Å². The molecule has 2 aromatic heterocycles. The Labute approximate surface area is 270 Å². The number of rotatable bonds is 9. The van der Waals surface area contributed by atoms with Crippen LogP contribution in [0.15, 0.2) is 72.4 Å². The highest BCUT2D eigenvalue weighted by Gasteiger charge is 2.38. The van der Waals surface area contributed by atoms with Crippen LogP contribution in [0, 0.1) is 5.82 Å². The van der Waals surface area contributed by atoms with Gasteiger partial charge in [-0.3, -0.25) is 4.98 Å². The number of halogens is 1. The highest BCUT2D eigenvalue weighted by atomic mass is 32.2. The van der Waals surface area contributed by atoms with Gasteiger partial charge in [-0.2, -0.15) is 9.40 Å². The molecule has 46 heavy (non-hydrogen) atoms. The Morgan fingerprint density at radius 2 is 1.89 bits per heavy atom. The molecule has 6 rings (SSSR count). The van der Waals surface area contributed by atoms with Crippen molar-refractivity contribution in [3.63, 3.8) is 0 Å². The first-order valence-electron chi connectivity index (χ1n) is 15.4. The van der Waals surface area contributed by atoms with Crippen LogP contribution < -0.4 is 14.8 Å². The van der Waals surface area contributed by atoms with E-state index < -0.39 is 21.4 Å². The number of nitrogens with zero attached hydrogens (tertiary/aromatic N) is 4. The fourth-order valence-electron chi connectivity index (χ4n) is 6.22. The van der Waals surface area contributed by atoms with Crippen molar-refractivity contribution in [3.8, 4) is 11.5 Å². The van der Waals surface area contributed by atoms with E-state index in [1.807, 2.05) is 56.6 Å². The van der Waals surface area contributed by atoms with Crippen molar-refractivity contribution in [2.24, 2.45) is 0 Å². The second-order valence-electron chi connectivity index (χ2n) is 13.1. The lowest BCUT2D eigenvalue weighted by Gasteiger charge is -2.23. The summed E-state index contributed by atoms with van der Waals surface area (Å²) in [5.41, 5.74) is 3.53. The van der Waals surface area contributed by atoms with E-state index in [0.717, 1.165) is 47.4 Å². The van der Waals surface area contributed by atoms with Crippen molar-refractivity contribution in [1.82, 2.24) is 19.1 Å². The first-order chi connectivity index (χ1) is 21.8. The zero-order valence-corrected chi connectivity index (χ0v) is 27.7. The van der Waals surface area contributed by atoms with Crippen LogP contribution in [0.4, 0.5) is 15.9 Å². The summed E-state index contributed by atoms with van der Waals surface area (Å²) in [5, 5.41) is 8.23. The molecule has 2 aliphatic rings. The number of nitrogens with one attached hydrogen (secondary N) is 1. The Bertz CT molecular complexity index is 1880. The number of pyridine rings is 1. The third-order valence-corrected chi connectivity index (χ3v) is 10.5. The van der Waals surface area contributed by atoms with Crippen LogP contribution in [-0.2, 0) is 28.7 Å². The average Bonchev–Trinajstić information content (AvgIpc) is 3.72. The molecule has 2 aromatic carbocycles. The fraction of sp³-hybridized carbons (Fsp3) is 0.371. The predicted molar refractivity (Wildman–Crippen MR) is 176 cm³/mol. The maximum Gasteiger partial charge on any atom is 0.244 e. The minimum atomic E-state index is -3.85. The summed E-state index contributed by atoms with van der Waals surface area (Å²) >= 11 is 0. The number of fused-ring (bicyclic) bond motifs is 1. The van der Waals surface area contributed by atoms with Crippen molar-refractivity contribution in [1.29, 1.82) is 0 Å². The van der Waals surface area contributed by atoms with Gasteiger partial charge < -0.3 is 14.8 Å². The van der Waals surface area contributed by atoms with Gasteiger partial charge in [-0.25, -0.2) is 17.5 Å². The molecule has 1 saturated carbocycles. The lowest BCUT2D eigenvalue weighted by molar-refractivity contribution is 0.206. The standard InChI is InChI=1S/C35H40FN5O4S/c1-22(2)27-15-16-37-19-31(27)45-26-12-9-24(17-26)30-18-33(41(39-30)35(3,4)5)38-29-13-14-32-28(34(29)36)21-40(46(32,42)43)20-23-7-10-25(44-6)11-8-23/h7-8,10-11,13-16,18-19,24,26,38H,1,9,12,17,20-21H2,2-6H3. The first-order valence-corrected chi connectivity index (χ1v) is 16.9. The largest absolute Gasteiger partial charge is 0.497 e. The summed E-state index contributed by atoms with van der Waals surface area (Å²) in [6.07, 6.45) is 6.07. The maximum absolute atomic E-state index is 16.1. The molecule has 4 aromatic rings. The number of anilines is 2. The summed E-state index contributed by atoms with van der Waals surface area (Å²) in [6.45, 7) is 12.2. The lowest BCUT2D eigenvalue weighted by atomic mass is 10.0. The van der Waals surface area contributed by atoms with Gasteiger partial charge in [-0.05, 0) is 88.4 Å². The summed E-state index contributed by atoms with van der Waals surface area (Å²) in [4.78, 5) is 4.23. The van der Waals surface area contributed by atoms with Gasteiger partial charge in [-0.1, -0.05) is 18.7 Å². The van der Waals surface area contributed by atoms with E-state index in [0.29, 0.717) is 11.6 Å². The smallest absolute Gasteiger partial charge is 0.244 e. The van der Waals surface area contributed by atoms with E-state index in [-0.39, 0.29) is 41.3 Å². The molecule has 1 aliphatic carbocycles. The van der Waals surface area contributed by atoms with Crippen molar-refractivity contribution < 1.29 is 22.3 Å². The predicted octanol–water partition coefficient (Wildman–Crippen LogP) is 7.38. The van der Waals surface area contributed by atoms with Gasteiger partial charge in [0.05, 0.1) is 41.2 Å². The van der Waals surface area contributed by atoms with Crippen LogP contribution in [0.1, 0.15) is 75.3 Å². The molecule has 2 atom stereocenters. The molecule has 0 bridgehead atoms.